The van der Waals surface area contributed by atoms with Crippen LogP contribution in [0.2, 0.25) is 5.02 Å². The number of nitrogens with zero attached hydrogens (tertiary/aromatic N) is 4. The Kier molecular flexibility index (Phi) is 5.12. The highest BCUT2D eigenvalue weighted by molar-refractivity contribution is 6.33. The number of nitrogens with one attached hydrogen (secondary N) is 2. The number of benzene rings is 2. The third-order valence-electron chi connectivity index (χ3n) is 3.46. The number of halogens is 4. The normalized spacial score (nSPS) is 10.6. The molecule has 0 unspecified atom stereocenters. The van der Waals surface area contributed by atoms with E-state index in [0.29, 0.717) is 11.8 Å². The van der Waals surface area contributed by atoms with Crippen LogP contribution >= 0.6 is 11.6 Å². The van der Waals surface area contributed by atoms with Crippen molar-refractivity contribution < 1.29 is 22.7 Å². The summed E-state index contributed by atoms with van der Waals surface area (Å²) >= 11 is 6.15. The molecule has 12 heteroatoms. The van der Waals surface area contributed by atoms with Gasteiger partial charge in [0.1, 0.15) is 12.1 Å². The van der Waals surface area contributed by atoms with Crippen LogP contribution in [0, 0.1) is 17.5 Å². The molecule has 0 aliphatic rings. The average Bonchev–Trinajstić information content (AvgIpc) is 3.19. The van der Waals surface area contributed by atoms with Crippen LogP contribution in [0.5, 0.6) is 5.75 Å². The van der Waals surface area contributed by atoms with Crippen LogP contribution in [-0.2, 0) is 0 Å². The Morgan fingerprint density at radius 1 is 1.22 bits per heavy atom. The molecule has 3 rings (SSSR count). The van der Waals surface area contributed by atoms with Crippen LogP contribution in [-0.4, -0.2) is 33.2 Å². The molecular formula is C15H10ClF3N6O2. The molecule has 2 N–H and O–H groups in total. The number of ether oxygens (including phenoxy) is 1. The largest absolute Gasteiger partial charge is 0.496 e. The first-order valence-electron chi connectivity index (χ1n) is 7.23. The first-order chi connectivity index (χ1) is 12.9. The Balaban J connectivity index is 1.85. The lowest BCUT2D eigenvalue weighted by Gasteiger charge is -2.14. The summed E-state index contributed by atoms with van der Waals surface area (Å²) in [6.07, 6.45) is 1.30. The number of carbonyl (C=O) groups is 1. The molecule has 27 heavy (non-hydrogen) atoms. The summed E-state index contributed by atoms with van der Waals surface area (Å²) in [6.45, 7) is 0. The minimum atomic E-state index is -1.67. The second-order valence-corrected chi connectivity index (χ2v) is 5.47. The minimum Gasteiger partial charge on any atom is -0.496 e. The Bertz CT molecular complexity index is 1000. The van der Waals surface area contributed by atoms with Crippen LogP contribution in [0.25, 0.3) is 5.69 Å². The number of hydrogen-bond acceptors (Lipinski definition) is 6. The molecule has 8 nitrogen and oxygen atoms in total. The highest BCUT2D eigenvalue weighted by Gasteiger charge is 2.19. The fourth-order valence-electron chi connectivity index (χ4n) is 2.15. The zero-order valence-corrected chi connectivity index (χ0v) is 14.3. The molecule has 3 aromatic rings. The molecule has 0 bridgehead atoms. The van der Waals surface area contributed by atoms with Crippen molar-refractivity contribution in [2.75, 3.05) is 12.5 Å². The van der Waals surface area contributed by atoms with Crippen LogP contribution in [0.3, 0.4) is 0 Å². The summed E-state index contributed by atoms with van der Waals surface area (Å²) in [5, 5.41) is 10.8. The number of aromatic nitrogens is 4. The summed E-state index contributed by atoms with van der Waals surface area (Å²) in [7, 11) is 1.33. The molecule has 1 heterocycles. The topological polar surface area (TPSA) is 94.0 Å². The Labute approximate surface area is 154 Å². The Morgan fingerprint density at radius 3 is 2.67 bits per heavy atom. The maximum absolute atomic E-state index is 13.6. The van der Waals surface area contributed by atoms with Gasteiger partial charge in [-0.1, -0.05) is 11.6 Å². The first kappa shape index (κ1) is 18.5. The van der Waals surface area contributed by atoms with Gasteiger partial charge in [0, 0.05) is 6.07 Å². The maximum atomic E-state index is 13.6. The molecule has 1 aromatic heterocycles. The van der Waals surface area contributed by atoms with E-state index in [1.807, 2.05) is 0 Å². The lowest BCUT2D eigenvalue weighted by Crippen LogP contribution is -2.30. The SMILES string of the molecule is COc1cc(-n2cnnn2)c(Cl)cc1C(=O)NNc1ccc(F)c(F)c1F. The van der Waals surface area contributed by atoms with Crippen molar-refractivity contribution in [3.8, 4) is 11.4 Å². The highest BCUT2D eigenvalue weighted by Crippen LogP contribution is 2.29. The van der Waals surface area contributed by atoms with Crippen LogP contribution in [0.15, 0.2) is 30.6 Å². The molecule has 0 saturated heterocycles. The van der Waals surface area contributed by atoms with Gasteiger partial charge in [-0.05, 0) is 28.6 Å². The predicted octanol–water partition coefficient (Wildman–Crippen LogP) is 2.50. The number of amides is 1. The fraction of sp³-hybridized carbons (Fsp3) is 0.0667. The summed E-state index contributed by atoms with van der Waals surface area (Å²) < 4.78 is 46.2. The minimum absolute atomic E-state index is 0.00480. The summed E-state index contributed by atoms with van der Waals surface area (Å²) in [4.78, 5) is 12.4. The van der Waals surface area contributed by atoms with Crippen molar-refractivity contribution in [1.29, 1.82) is 0 Å². The smallest absolute Gasteiger partial charge is 0.273 e. The number of methoxy groups -OCH3 is 1. The number of tetrazole rings is 1. The van der Waals surface area contributed by atoms with Gasteiger partial charge in [0.05, 0.1) is 29.1 Å². The predicted molar refractivity (Wildman–Crippen MR) is 88.1 cm³/mol. The number of carbonyl (C=O) groups excluding carboxylic acids is 1. The third kappa shape index (κ3) is 3.62. The third-order valence-corrected chi connectivity index (χ3v) is 3.76. The quantitative estimate of drug-likeness (QED) is 0.506. The highest BCUT2D eigenvalue weighted by atomic mass is 35.5. The molecule has 0 atom stereocenters. The number of hydrazine groups is 1. The zero-order chi connectivity index (χ0) is 19.6. The number of hydrogen-bond donors (Lipinski definition) is 2. The van der Waals surface area contributed by atoms with E-state index < -0.39 is 29.0 Å². The van der Waals surface area contributed by atoms with Gasteiger partial charge >= 0.3 is 0 Å². The van der Waals surface area contributed by atoms with E-state index in [-0.39, 0.29) is 16.3 Å². The van der Waals surface area contributed by atoms with Gasteiger partial charge in [-0.15, -0.1) is 5.10 Å². The standard InChI is InChI=1S/C15H10ClF3N6O2/c1-27-12-5-11(25-6-20-23-24-25)8(16)4-7(12)15(26)22-21-10-3-2-9(17)13(18)14(10)19/h2-6,21H,1H3,(H,22,26). The van der Waals surface area contributed by atoms with Crippen molar-refractivity contribution in [3.63, 3.8) is 0 Å². The molecule has 140 valence electrons. The van der Waals surface area contributed by atoms with E-state index >= 15 is 0 Å². The second kappa shape index (κ2) is 7.50. The molecule has 1 amide bonds. The number of anilines is 1. The molecule has 0 radical (unpaired) electrons. The van der Waals surface area contributed by atoms with Gasteiger partial charge in [-0.2, -0.15) is 4.68 Å². The lowest BCUT2D eigenvalue weighted by atomic mass is 10.1. The van der Waals surface area contributed by atoms with Crippen LogP contribution < -0.4 is 15.6 Å². The molecule has 0 aliphatic heterocycles. The van der Waals surface area contributed by atoms with E-state index in [2.05, 4.69) is 26.4 Å². The number of rotatable bonds is 5. The summed E-state index contributed by atoms with van der Waals surface area (Å²) in [5.74, 6) is -5.14. The van der Waals surface area contributed by atoms with Gasteiger partial charge in [0.25, 0.3) is 5.91 Å². The maximum Gasteiger partial charge on any atom is 0.273 e. The van der Waals surface area contributed by atoms with Gasteiger partial charge in [0.2, 0.25) is 0 Å². The van der Waals surface area contributed by atoms with Crippen molar-refractivity contribution in [3.05, 3.63) is 58.6 Å². The van der Waals surface area contributed by atoms with Crippen molar-refractivity contribution in [2.24, 2.45) is 0 Å². The van der Waals surface area contributed by atoms with E-state index in [0.717, 1.165) is 6.07 Å². The van der Waals surface area contributed by atoms with Crippen LogP contribution in [0.4, 0.5) is 18.9 Å². The van der Waals surface area contributed by atoms with E-state index in [9.17, 15) is 18.0 Å². The molecule has 0 aliphatic carbocycles. The summed E-state index contributed by atoms with van der Waals surface area (Å²) in [5.41, 5.74) is 4.22. The summed E-state index contributed by atoms with van der Waals surface area (Å²) in [6, 6.07) is 4.35. The van der Waals surface area contributed by atoms with Crippen molar-refractivity contribution in [1.82, 2.24) is 25.6 Å². The zero-order valence-electron chi connectivity index (χ0n) is 13.5. The van der Waals surface area contributed by atoms with Crippen molar-refractivity contribution in [2.45, 2.75) is 0 Å². The van der Waals surface area contributed by atoms with E-state index in [1.54, 1.807) is 0 Å². The lowest BCUT2D eigenvalue weighted by molar-refractivity contribution is 0.0959. The molecular weight excluding hydrogens is 389 g/mol. The van der Waals surface area contributed by atoms with E-state index in [1.165, 1.54) is 30.3 Å². The molecule has 0 spiro atoms. The van der Waals surface area contributed by atoms with E-state index in [4.69, 9.17) is 16.3 Å². The monoisotopic (exact) mass is 398 g/mol. The van der Waals surface area contributed by atoms with Gasteiger partial charge in [0.15, 0.2) is 17.5 Å². The average molecular weight is 399 g/mol. The first-order valence-corrected chi connectivity index (χ1v) is 7.61. The fourth-order valence-corrected chi connectivity index (χ4v) is 2.40. The molecule has 2 aromatic carbocycles. The van der Waals surface area contributed by atoms with Gasteiger partial charge in [-0.3, -0.25) is 15.6 Å². The van der Waals surface area contributed by atoms with Gasteiger partial charge in [-0.25, -0.2) is 13.2 Å². The second-order valence-electron chi connectivity index (χ2n) is 5.06. The van der Waals surface area contributed by atoms with Crippen molar-refractivity contribution >= 4 is 23.2 Å². The van der Waals surface area contributed by atoms with Gasteiger partial charge < -0.3 is 4.74 Å². The van der Waals surface area contributed by atoms with Crippen LogP contribution in [0.1, 0.15) is 10.4 Å². The molecule has 0 fully saturated rings. The Morgan fingerprint density at radius 2 is 2.00 bits per heavy atom. The Hall–Kier alpha value is -3.34. The molecule has 0 saturated carbocycles.